The first-order chi connectivity index (χ1) is 15.6. The van der Waals surface area contributed by atoms with E-state index >= 15 is 0 Å². The van der Waals surface area contributed by atoms with Crippen molar-refractivity contribution in [2.24, 2.45) is 0 Å². The number of carbonyl (C=O) groups excluding carboxylic acids is 1. The number of carbonyl (C=O) groups is 1. The number of hydrogen-bond acceptors (Lipinski definition) is 7. The summed E-state index contributed by atoms with van der Waals surface area (Å²) in [6, 6.07) is 16.6. The molecule has 0 fully saturated rings. The number of ether oxygens (including phenoxy) is 2. The van der Waals surface area contributed by atoms with Crippen LogP contribution in [0.3, 0.4) is 0 Å². The molecule has 0 atom stereocenters. The molecule has 0 spiro atoms. The van der Waals surface area contributed by atoms with E-state index in [0.717, 1.165) is 11.3 Å². The monoisotopic (exact) mass is 467 g/mol. The van der Waals surface area contributed by atoms with Gasteiger partial charge in [-0.15, -0.1) is 11.3 Å². The van der Waals surface area contributed by atoms with E-state index in [1.807, 2.05) is 47.8 Å². The molecule has 2 heterocycles. The standard InChI is InChI=1S/C23H21N3O4S2/c1-29-16-9-7-15(8-10-16)13-24-20(27)14-32-23-25-17-11-12-31-21(17)22(28)26(23)18-5-3-4-6-19(18)30-2/h3-12H,13-14H2,1-2H3,(H,24,27). The maximum Gasteiger partial charge on any atom is 0.276 e. The molecular weight excluding hydrogens is 446 g/mol. The minimum atomic E-state index is -0.185. The Hall–Kier alpha value is -3.30. The fraction of sp³-hybridized carbons (Fsp3) is 0.174. The summed E-state index contributed by atoms with van der Waals surface area (Å²) < 4.78 is 12.7. The molecule has 4 rings (SSSR count). The van der Waals surface area contributed by atoms with Crippen LogP contribution in [0, 0.1) is 0 Å². The van der Waals surface area contributed by atoms with Crippen molar-refractivity contribution in [2.75, 3.05) is 20.0 Å². The Balaban J connectivity index is 1.55. The number of benzene rings is 2. The third kappa shape index (κ3) is 4.63. The third-order valence-electron chi connectivity index (χ3n) is 4.76. The van der Waals surface area contributed by atoms with Gasteiger partial charge in [0.05, 0.1) is 31.2 Å². The van der Waals surface area contributed by atoms with Gasteiger partial charge in [0.15, 0.2) is 5.16 Å². The second-order valence-electron chi connectivity index (χ2n) is 6.76. The van der Waals surface area contributed by atoms with Crippen LogP contribution < -0.4 is 20.3 Å². The van der Waals surface area contributed by atoms with E-state index in [-0.39, 0.29) is 17.2 Å². The molecule has 164 valence electrons. The molecule has 0 saturated heterocycles. The summed E-state index contributed by atoms with van der Waals surface area (Å²) in [6.07, 6.45) is 0. The number of fused-ring (bicyclic) bond motifs is 1. The van der Waals surface area contributed by atoms with Crippen molar-refractivity contribution in [3.05, 3.63) is 75.9 Å². The number of nitrogens with one attached hydrogen (secondary N) is 1. The molecule has 0 bridgehead atoms. The maximum absolute atomic E-state index is 13.2. The summed E-state index contributed by atoms with van der Waals surface area (Å²) >= 11 is 2.56. The van der Waals surface area contributed by atoms with E-state index in [2.05, 4.69) is 10.3 Å². The highest BCUT2D eigenvalue weighted by Crippen LogP contribution is 2.28. The Morgan fingerprint density at radius 3 is 2.62 bits per heavy atom. The first-order valence-electron chi connectivity index (χ1n) is 9.77. The zero-order valence-corrected chi connectivity index (χ0v) is 19.2. The van der Waals surface area contributed by atoms with Gasteiger partial charge in [-0.2, -0.15) is 0 Å². The zero-order chi connectivity index (χ0) is 22.5. The van der Waals surface area contributed by atoms with Crippen molar-refractivity contribution in [3.63, 3.8) is 0 Å². The predicted octanol–water partition coefficient (Wildman–Crippen LogP) is 3.87. The number of thiophene rings is 1. The smallest absolute Gasteiger partial charge is 0.276 e. The van der Waals surface area contributed by atoms with Gasteiger partial charge in [-0.05, 0) is 41.3 Å². The molecule has 4 aromatic rings. The van der Waals surface area contributed by atoms with Crippen LogP contribution in [-0.4, -0.2) is 35.4 Å². The van der Waals surface area contributed by atoms with Gasteiger partial charge in [0.25, 0.3) is 5.56 Å². The number of thioether (sulfide) groups is 1. The Morgan fingerprint density at radius 1 is 1.09 bits per heavy atom. The highest BCUT2D eigenvalue weighted by molar-refractivity contribution is 7.99. The van der Waals surface area contributed by atoms with Crippen molar-refractivity contribution in [1.29, 1.82) is 0 Å². The van der Waals surface area contributed by atoms with E-state index in [0.29, 0.717) is 33.4 Å². The number of methoxy groups -OCH3 is 2. The van der Waals surface area contributed by atoms with Crippen molar-refractivity contribution in [2.45, 2.75) is 11.7 Å². The normalized spacial score (nSPS) is 10.8. The number of amides is 1. The second-order valence-corrected chi connectivity index (χ2v) is 8.61. The molecule has 9 heteroatoms. The number of para-hydroxylation sites is 2. The third-order valence-corrected chi connectivity index (χ3v) is 6.59. The summed E-state index contributed by atoms with van der Waals surface area (Å²) in [4.78, 5) is 30.4. The summed E-state index contributed by atoms with van der Waals surface area (Å²) in [5.41, 5.74) is 1.99. The first-order valence-corrected chi connectivity index (χ1v) is 11.6. The van der Waals surface area contributed by atoms with Crippen molar-refractivity contribution in [1.82, 2.24) is 14.9 Å². The average Bonchev–Trinajstić information content (AvgIpc) is 3.31. The van der Waals surface area contributed by atoms with Gasteiger partial charge in [-0.25, -0.2) is 4.98 Å². The maximum atomic E-state index is 13.2. The predicted molar refractivity (Wildman–Crippen MR) is 127 cm³/mol. The molecule has 0 aliphatic rings. The zero-order valence-electron chi connectivity index (χ0n) is 17.5. The van der Waals surface area contributed by atoms with Gasteiger partial charge in [0.2, 0.25) is 5.91 Å². The van der Waals surface area contributed by atoms with Crippen molar-refractivity contribution in [3.8, 4) is 17.2 Å². The summed E-state index contributed by atoms with van der Waals surface area (Å²) in [6.45, 7) is 0.402. The van der Waals surface area contributed by atoms with E-state index in [1.54, 1.807) is 26.4 Å². The van der Waals surface area contributed by atoms with E-state index in [1.165, 1.54) is 27.7 Å². The minimum Gasteiger partial charge on any atom is -0.497 e. The van der Waals surface area contributed by atoms with Crippen LogP contribution in [-0.2, 0) is 11.3 Å². The van der Waals surface area contributed by atoms with Crippen LogP contribution in [0.5, 0.6) is 11.5 Å². The number of nitrogens with zero attached hydrogens (tertiary/aromatic N) is 2. The molecule has 2 aromatic heterocycles. The van der Waals surface area contributed by atoms with Crippen molar-refractivity contribution < 1.29 is 14.3 Å². The molecule has 0 saturated carbocycles. The lowest BCUT2D eigenvalue weighted by atomic mass is 10.2. The molecule has 32 heavy (non-hydrogen) atoms. The molecule has 0 aliphatic heterocycles. The molecule has 1 amide bonds. The number of hydrogen-bond donors (Lipinski definition) is 1. The van der Waals surface area contributed by atoms with E-state index < -0.39 is 0 Å². The number of aromatic nitrogens is 2. The lowest BCUT2D eigenvalue weighted by Crippen LogP contribution is -2.26. The average molecular weight is 468 g/mol. The van der Waals surface area contributed by atoms with Crippen LogP contribution in [0.2, 0.25) is 0 Å². The SMILES string of the molecule is COc1ccc(CNC(=O)CSc2nc3ccsc3c(=O)n2-c2ccccc2OC)cc1. The molecule has 2 aromatic carbocycles. The number of rotatable bonds is 8. The van der Waals surface area contributed by atoms with E-state index in [4.69, 9.17) is 9.47 Å². The lowest BCUT2D eigenvalue weighted by Gasteiger charge is -2.14. The van der Waals surface area contributed by atoms with Crippen molar-refractivity contribution >= 4 is 39.2 Å². The molecule has 0 unspecified atom stereocenters. The van der Waals surface area contributed by atoms with Gasteiger partial charge < -0.3 is 14.8 Å². The Kier molecular flexibility index (Phi) is 6.77. The second kappa shape index (κ2) is 9.88. The van der Waals surface area contributed by atoms with Crippen LogP contribution in [0.4, 0.5) is 0 Å². The molecular formula is C23H21N3O4S2. The Bertz CT molecular complexity index is 1300. The largest absolute Gasteiger partial charge is 0.497 e. The summed E-state index contributed by atoms with van der Waals surface area (Å²) in [5, 5.41) is 5.17. The fourth-order valence-corrected chi connectivity index (χ4v) is 4.74. The topological polar surface area (TPSA) is 82.5 Å². The minimum absolute atomic E-state index is 0.118. The Morgan fingerprint density at radius 2 is 1.88 bits per heavy atom. The van der Waals surface area contributed by atoms with Gasteiger partial charge in [0, 0.05) is 6.54 Å². The molecule has 1 N–H and O–H groups in total. The highest BCUT2D eigenvalue weighted by Gasteiger charge is 2.18. The molecule has 0 aliphatic carbocycles. The van der Waals surface area contributed by atoms with Gasteiger partial charge in [-0.1, -0.05) is 36.0 Å². The van der Waals surface area contributed by atoms with Gasteiger partial charge in [0.1, 0.15) is 16.2 Å². The Labute approximate surface area is 193 Å². The van der Waals surface area contributed by atoms with Crippen LogP contribution in [0.15, 0.2) is 69.9 Å². The van der Waals surface area contributed by atoms with E-state index in [9.17, 15) is 9.59 Å². The highest BCUT2D eigenvalue weighted by atomic mass is 32.2. The van der Waals surface area contributed by atoms with Crippen LogP contribution in [0.1, 0.15) is 5.56 Å². The van der Waals surface area contributed by atoms with Crippen LogP contribution in [0.25, 0.3) is 15.9 Å². The fourth-order valence-electron chi connectivity index (χ4n) is 3.14. The lowest BCUT2D eigenvalue weighted by molar-refractivity contribution is -0.118. The first kappa shape index (κ1) is 21.9. The molecule has 0 radical (unpaired) electrons. The van der Waals surface area contributed by atoms with Gasteiger partial charge >= 0.3 is 0 Å². The summed E-state index contributed by atoms with van der Waals surface area (Å²) in [5.74, 6) is 1.28. The quantitative estimate of drug-likeness (QED) is 0.313. The van der Waals surface area contributed by atoms with Crippen LogP contribution >= 0.6 is 23.1 Å². The van der Waals surface area contributed by atoms with Gasteiger partial charge in [-0.3, -0.25) is 14.2 Å². The summed E-state index contributed by atoms with van der Waals surface area (Å²) in [7, 11) is 3.17. The molecule has 7 nitrogen and oxygen atoms in total.